The minimum absolute atomic E-state index is 0.595. The third-order valence-electron chi connectivity index (χ3n) is 4.90. The average molecular weight is 326 g/mol. The molecule has 1 unspecified atom stereocenters. The maximum absolute atomic E-state index is 5.95. The third-order valence-corrected chi connectivity index (χ3v) is 4.90. The SMILES string of the molecule is CC(CCNC(N)=NCCCN1CCOCC1)N1CCCCC1. The summed E-state index contributed by atoms with van der Waals surface area (Å²) >= 11 is 0. The van der Waals surface area contributed by atoms with E-state index < -0.39 is 0 Å². The summed E-state index contributed by atoms with van der Waals surface area (Å²) in [6.45, 7) is 11.5. The van der Waals surface area contributed by atoms with E-state index >= 15 is 0 Å². The standard InChI is InChI=1S/C17H35N5O/c1-16(22-10-3-2-4-11-22)6-8-20-17(18)19-7-5-9-21-12-14-23-15-13-21/h16H,2-15H2,1H3,(H3,18,19,20). The van der Waals surface area contributed by atoms with Crippen LogP contribution in [0.4, 0.5) is 0 Å². The smallest absolute Gasteiger partial charge is 0.188 e. The molecule has 3 N–H and O–H groups in total. The first-order valence-corrected chi connectivity index (χ1v) is 9.33. The lowest BCUT2D eigenvalue weighted by Crippen LogP contribution is -2.40. The molecule has 0 aromatic carbocycles. The molecule has 2 fully saturated rings. The van der Waals surface area contributed by atoms with Crippen LogP contribution in [0, 0.1) is 0 Å². The van der Waals surface area contributed by atoms with Crippen LogP contribution in [-0.4, -0.2) is 80.8 Å². The van der Waals surface area contributed by atoms with Crippen LogP contribution in [0.25, 0.3) is 0 Å². The summed E-state index contributed by atoms with van der Waals surface area (Å²) in [6, 6.07) is 0.636. The van der Waals surface area contributed by atoms with E-state index in [-0.39, 0.29) is 0 Å². The van der Waals surface area contributed by atoms with Crippen LogP contribution in [0.2, 0.25) is 0 Å². The Morgan fingerprint density at radius 3 is 2.65 bits per heavy atom. The molecule has 6 heteroatoms. The Morgan fingerprint density at radius 2 is 1.91 bits per heavy atom. The van der Waals surface area contributed by atoms with Gasteiger partial charge < -0.3 is 20.7 Å². The van der Waals surface area contributed by atoms with Gasteiger partial charge in [0.2, 0.25) is 0 Å². The van der Waals surface area contributed by atoms with Crippen molar-refractivity contribution < 1.29 is 4.74 Å². The highest BCUT2D eigenvalue weighted by molar-refractivity contribution is 5.77. The molecule has 0 aromatic heterocycles. The maximum Gasteiger partial charge on any atom is 0.188 e. The third kappa shape index (κ3) is 7.50. The topological polar surface area (TPSA) is 66.1 Å². The predicted molar refractivity (Wildman–Crippen MR) is 95.9 cm³/mol. The van der Waals surface area contributed by atoms with Crippen LogP contribution < -0.4 is 11.1 Å². The molecular formula is C17H35N5O. The van der Waals surface area contributed by atoms with Gasteiger partial charge in [-0.2, -0.15) is 0 Å². The molecule has 2 rings (SSSR count). The van der Waals surface area contributed by atoms with Crippen molar-refractivity contribution in [2.45, 2.75) is 45.1 Å². The van der Waals surface area contributed by atoms with Crippen LogP contribution in [0.1, 0.15) is 39.0 Å². The quantitative estimate of drug-likeness (QED) is 0.394. The summed E-state index contributed by atoms with van der Waals surface area (Å²) in [5.41, 5.74) is 5.95. The Bertz CT molecular complexity index is 338. The van der Waals surface area contributed by atoms with Crippen molar-refractivity contribution in [3.05, 3.63) is 0 Å². The molecule has 0 bridgehead atoms. The molecule has 2 saturated heterocycles. The zero-order valence-electron chi connectivity index (χ0n) is 14.8. The Morgan fingerprint density at radius 1 is 1.17 bits per heavy atom. The molecule has 1 atom stereocenters. The molecule has 0 spiro atoms. The van der Waals surface area contributed by atoms with Crippen molar-refractivity contribution in [1.82, 2.24) is 15.1 Å². The number of guanidine groups is 1. The number of piperidine rings is 1. The van der Waals surface area contributed by atoms with E-state index in [0.29, 0.717) is 12.0 Å². The van der Waals surface area contributed by atoms with Gasteiger partial charge in [-0.15, -0.1) is 0 Å². The molecule has 23 heavy (non-hydrogen) atoms. The van der Waals surface area contributed by atoms with Crippen LogP contribution in [-0.2, 0) is 4.74 Å². The first-order chi connectivity index (χ1) is 11.3. The molecule has 2 aliphatic rings. The summed E-state index contributed by atoms with van der Waals surface area (Å²) in [4.78, 5) is 9.46. The van der Waals surface area contributed by atoms with Crippen molar-refractivity contribution >= 4 is 5.96 Å². The van der Waals surface area contributed by atoms with Gasteiger partial charge in [0.1, 0.15) is 0 Å². The van der Waals surface area contributed by atoms with Gasteiger partial charge in [-0.3, -0.25) is 9.89 Å². The number of hydrogen-bond acceptors (Lipinski definition) is 4. The molecule has 0 saturated carbocycles. The summed E-state index contributed by atoms with van der Waals surface area (Å²) in [6.07, 6.45) is 6.29. The second-order valence-corrected chi connectivity index (χ2v) is 6.74. The average Bonchev–Trinajstić information content (AvgIpc) is 2.60. The molecule has 0 aliphatic carbocycles. The van der Waals surface area contributed by atoms with Crippen LogP contribution in [0.5, 0.6) is 0 Å². The molecule has 0 radical (unpaired) electrons. The fourth-order valence-corrected chi connectivity index (χ4v) is 3.33. The van der Waals surface area contributed by atoms with Crippen molar-refractivity contribution in [3.63, 3.8) is 0 Å². The zero-order chi connectivity index (χ0) is 16.3. The van der Waals surface area contributed by atoms with E-state index in [9.17, 15) is 0 Å². The normalized spacial score (nSPS) is 22.9. The predicted octanol–water partition coefficient (Wildman–Crippen LogP) is 0.878. The number of aliphatic imine (C=N–C) groups is 1. The first-order valence-electron chi connectivity index (χ1n) is 9.33. The van der Waals surface area contributed by atoms with E-state index in [1.807, 2.05) is 0 Å². The summed E-state index contributed by atoms with van der Waals surface area (Å²) in [5.74, 6) is 0.595. The van der Waals surface area contributed by atoms with Gasteiger partial charge in [0.05, 0.1) is 13.2 Å². The van der Waals surface area contributed by atoms with Gasteiger partial charge in [0.15, 0.2) is 5.96 Å². The maximum atomic E-state index is 5.95. The van der Waals surface area contributed by atoms with E-state index in [1.54, 1.807) is 0 Å². The molecule has 6 nitrogen and oxygen atoms in total. The van der Waals surface area contributed by atoms with E-state index in [4.69, 9.17) is 10.5 Å². The lowest BCUT2D eigenvalue weighted by molar-refractivity contribution is 0.0377. The number of nitrogens with zero attached hydrogens (tertiary/aromatic N) is 3. The molecule has 134 valence electrons. The second-order valence-electron chi connectivity index (χ2n) is 6.74. The lowest BCUT2D eigenvalue weighted by atomic mass is 10.1. The number of rotatable bonds is 8. The molecule has 2 heterocycles. The van der Waals surface area contributed by atoms with E-state index in [0.717, 1.165) is 58.8 Å². The van der Waals surface area contributed by atoms with Crippen molar-refractivity contribution in [2.75, 3.05) is 59.0 Å². The highest BCUT2D eigenvalue weighted by Crippen LogP contribution is 2.13. The molecule has 2 aliphatic heterocycles. The van der Waals surface area contributed by atoms with Crippen molar-refractivity contribution in [1.29, 1.82) is 0 Å². The summed E-state index contributed by atoms with van der Waals surface area (Å²) in [5, 5.41) is 3.26. The Balaban J connectivity index is 1.50. The van der Waals surface area contributed by atoms with Gasteiger partial charge in [-0.25, -0.2) is 0 Å². The fourth-order valence-electron chi connectivity index (χ4n) is 3.33. The number of morpholine rings is 1. The monoisotopic (exact) mass is 325 g/mol. The second kappa shape index (κ2) is 10.8. The Labute approximate surface area is 141 Å². The first kappa shape index (κ1) is 18.5. The minimum atomic E-state index is 0.595. The molecular weight excluding hydrogens is 290 g/mol. The van der Waals surface area contributed by atoms with Crippen LogP contribution in [0.3, 0.4) is 0 Å². The van der Waals surface area contributed by atoms with Crippen molar-refractivity contribution in [3.8, 4) is 0 Å². The Kier molecular flexibility index (Phi) is 8.71. The van der Waals surface area contributed by atoms with Gasteiger partial charge >= 0.3 is 0 Å². The fraction of sp³-hybridized carbons (Fsp3) is 0.941. The highest BCUT2D eigenvalue weighted by Gasteiger charge is 2.16. The largest absolute Gasteiger partial charge is 0.379 e. The van der Waals surface area contributed by atoms with E-state index in [2.05, 4.69) is 27.0 Å². The van der Waals surface area contributed by atoms with Gasteiger partial charge in [0.25, 0.3) is 0 Å². The Hall–Kier alpha value is -0.850. The number of ether oxygens (including phenoxy) is 1. The zero-order valence-corrected chi connectivity index (χ0v) is 14.8. The highest BCUT2D eigenvalue weighted by atomic mass is 16.5. The van der Waals surface area contributed by atoms with E-state index in [1.165, 1.54) is 32.4 Å². The number of nitrogens with one attached hydrogen (secondary N) is 1. The molecule has 0 aromatic rings. The van der Waals surface area contributed by atoms with Gasteiger partial charge in [0, 0.05) is 38.8 Å². The number of hydrogen-bond donors (Lipinski definition) is 2. The lowest BCUT2D eigenvalue weighted by Gasteiger charge is -2.32. The van der Waals surface area contributed by atoms with Crippen LogP contribution >= 0.6 is 0 Å². The summed E-state index contributed by atoms with van der Waals surface area (Å²) < 4.78 is 5.35. The van der Waals surface area contributed by atoms with Gasteiger partial charge in [-0.05, 0) is 45.7 Å². The number of likely N-dealkylation sites (tertiary alicyclic amines) is 1. The van der Waals surface area contributed by atoms with Gasteiger partial charge in [-0.1, -0.05) is 6.42 Å². The minimum Gasteiger partial charge on any atom is -0.379 e. The van der Waals surface area contributed by atoms with Crippen LogP contribution in [0.15, 0.2) is 4.99 Å². The summed E-state index contributed by atoms with van der Waals surface area (Å²) in [7, 11) is 0. The number of nitrogens with two attached hydrogens (primary N) is 1. The molecule has 0 amide bonds. The van der Waals surface area contributed by atoms with Crippen molar-refractivity contribution in [2.24, 2.45) is 10.7 Å².